The number of fused-ring (bicyclic) bond motifs is 3. The molecule has 3 aromatic rings. The molecular weight excluding hydrogens is 372 g/mol. The van der Waals surface area contributed by atoms with Gasteiger partial charge in [0.25, 0.3) is 0 Å². The zero-order valence-corrected chi connectivity index (χ0v) is 15.9. The lowest BCUT2D eigenvalue weighted by Gasteiger charge is -2.20. The normalized spacial score (nSPS) is 19.0. The van der Waals surface area contributed by atoms with Gasteiger partial charge in [-0.3, -0.25) is 14.5 Å². The van der Waals surface area contributed by atoms with Gasteiger partial charge in [0, 0.05) is 42.0 Å². The molecule has 7 heteroatoms. The number of benzene rings is 2. The highest BCUT2D eigenvalue weighted by atomic mass is 16.4. The molecule has 4 N–H and O–H groups in total. The lowest BCUT2D eigenvalue weighted by Crippen LogP contribution is -2.27. The minimum Gasteiger partial charge on any atom is -0.506 e. The number of phenols is 2. The van der Waals surface area contributed by atoms with E-state index >= 15 is 0 Å². The number of furan rings is 1. The van der Waals surface area contributed by atoms with Gasteiger partial charge < -0.3 is 20.4 Å². The van der Waals surface area contributed by atoms with E-state index in [4.69, 9.17) is 10.2 Å². The molecule has 29 heavy (non-hydrogen) atoms. The highest BCUT2D eigenvalue weighted by Crippen LogP contribution is 2.45. The predicted molar refractivity (Wildman–Crippen MR) is 105 cm³/mol. The minimum atomic E-state index is -0.597. The maximum Gasteiger partial charge on any atom is 0.233 e. The number of carbonyl (C=O) groups excluding carboxylic acids is 2. The van der Waals surface area contributed by atoms with Crippen LogP contribution >= 0.6 is 0 Å². The fourth-order valence-corrected chi connectivity index (χ4v) is 4.48. The summed E-state index contributed by atoms with van der Waals surface area (Å²) in [5.41, 5.74) is 6.41. The summed E-state index contributed by atoms with van der Waals surface area (Å²) in [5, 5.41) is 22.2. The predicted octanol–water partition coefficient (Wildman–Crippen LogP) is 2.46. The molecule has 1 saturated heterocycles. The van der Waals surface area contributed by atoms with Crippen molar-refractivity contribution in [2.24, 2.45) is 5.73 Å². The highest BCUT2D eigenvalue weighted by Gasteiger charge is 2.41. The number of hydrogen-bond acceptors (Lipinski definition) is 7. The summed E-state index contributed by atoms with van der Waals surface area (Å²) in [6, 6.07) is 6.66. The smallest absolute Gasteiger partial charge is 0.233 e. The molecule has 0 saturated carbocycles. The van der Waals surface area contributed by atoms with Gasteiger partial charge in [0.2, 0.25) is 11.6 Å². The number of carbonyl (C=O) groups is 2. The molecule has 7 nitrogen and oxygen atoms in total. The maximum absolute atomic E-state index is 13.4. The molecular formula is C22H20N2O5. The van der Waals surface area contributed by atoms with Crippen LogP contribution in [-0.2, 0) is 6.54 Å². The van der Waals surface area contributed by atoms with E-state index in [-0.39, 0.29) is 40.0 Å². The molecule has 5 rings (SSSR count). The van der Waals surface area contributed by atoms with Gasteiger partial charge in [0.15, 0.2) is 5.76 Å². The van der Waals surface area contributed by atoms with Gasteiger partial charge >= 0.3 is 0 Å². The van der Waals surface area contributed by atoms with Gasteiger partial charge in [0.05, 0.1) is 16.7 Å². The highest BCUT2D eigenvalue weighted by molar-refractivity contribution is 6.32. The van der Waals surface area contributed by atoms with E-state index in [2.05, 4.69) is 4.90 Å². The van der Waals surface area contributed by atoms with E-state index < -0.39 is 11.6 Å². The number of aryl methyl sites for hydroxylation is 1. The molecule has 0 bridgehead atoms. The monoisotopic (exact) mass is 392 g/mol. The van der Waals surface area contributed by atoms with Crippen molar-refractivity contribution in [2.45, 2.75) is 25.9 Å². The number of phenolic OH excluding ortho intramolecular Hbond substituents is 2. The Morgan fingerprint density at radius 2 is 1.69 bits per heavy atom. The Morgan fingerprint density at radius 1 is 1.07 bits per heavy atom. The first-order valence-electron chi connectivity index (χ1n) is 9.54. The number of nitrogens with two attached hydrogens (primary N) is 1. The third-order valence-electron chi connectivity index (χ3n) is 5.95. The third kappa shape index (κ3) is 2.44. The first-order chi connectivity index (χ1) is 13.9. The summed E-state index contributed by atoms with van der Waals surface area (Å²) in [6.45, 7) is 3.66. The van der Waals surface area contributed by atoms with E-state index in [9.17, 15) is 19.8 Å². The molecule has 1 atom stereocenters. The second kappa shape index (κ2) is 6.17. The van der Waals surface area contributed by atoms with Gasteiger partial charge in [0.1, 0.15) is 17.3 Å². The van der Waals surface area contributed by atoms with E-state index in [1.165, 1.54) is 0 Å². The molecule has 1 aliphatic heterocycles. The Bertz CT molecular complexity index is 1210. The van der Waals surface area contributed by atoms with Gasteiger partial charge in [-0.05, 0) is 13.3 Å². The van der Waals surface area contributed by atoms with Crippen LogP contribution in [0.1, 0.15) is 49.8 Å². The largest absolute Gasteiger partial charge is 0.506 e. The van der Waals surface area contributed by atoms with Crippen LogP contribution < -0.4 is 5.73 Å². The summed E-state index contributed by atoms with van der Waals surface area (Å²) in [7, 11) is 0. The van der Waals surface area contributed by atoms with E-state index in [1.54, 1.807) is 31.2 Å². The topological polar surface area (TPSA) is 117 Å². The summed E-state index contributed by atoms with van der Waals surface area (Å²) in [5.74, 6) is -1.33. The fourth-order valence-electron chi connectivity index (χ4n) is 4.48. The lowest BCUT2D eigenvalue weighted by molar-refractivity contribution is 0.0954. The molecule has 2 aromatic carbocycles. The van der Waals surface area contributed by atoms with Crippen LogP contribution in [0, 0.1) is 6.92 Å². The van der Waals surface area contributed by atoms with Gasteiger partial charge in [-0.25, -0.2) is 0 Å². The Hall–Kier alpha value is -3.16. The Labute approximate surface area is 166 Å². The number of rotatable bonds is 2. The molecule has 148 valence electrons. The zero-order valence-electron chi connectivity index (χ0n) is 15.9. The first kappa shape index (κ1) is 17.9. The molecule has 1 aliphatic carbocycles. The molecule has 0 spiro atoms. The van der Waals surface area contributed by atoms with E-state index in [0.717, 1.165) is 13.0 Å². The third-order valence-corrected chi connectivity index (χ3v) is 5.95. The summed E-state index contributed by atoms with van der Waals surface area (Å²) < 4.78 is 5.70. The van der Waals surface area contributed by atoms with Crippen molar-refractivity contribution in [2.75, 3.05) is 13.1 Å². The average Bonchev–Trinajstić information content (AvgIpc) is 3.26. The van der Waals surface area contributed by atoms with Crippen molar-refractivity contribution in [3.8, 4) is 11.5 Å². The quantitative estimate of drug-likeness (QED) is 0.449. The van der Waals surface area contributed by atoms with Crippen molar-refractivity contribution in [1.29, 1.82) is 0 Å². The summed E-state index contributed by atoms with van der Waals surface area (Å²) in [6.07, 6.45) is 0.870. The summed E-state index contributed by atoms with van der Waals surface area (Å²) >= 11 is 0. The minimum absolute atomic E-state index is 0.0801. The van der Waals surface area contributed by atoms with Gasteiger partial charge in [-0.2, -0.15) is 0 Å². The SMILES string of the molecule is Cc1oc2c(c1CN1CC[C@@H](N)C1)C(=O)c1c(c(O)c3ccccc3c1O)C2=O. The van der Waals surface area contributed by atoms with Crippen molar-refractivity contribution in [3.05, 3.63) is 58.0 Å². The van der Waals surface area contributed by atoms with Crippen molar-refractivity contribution in [3.63, 3.8) is 0 Å². The average molecular weight is 392 g/mol. The van der Waals surface area contributed by atoms with Crippen LogP contribution in [0.4, 0.5) is 0 Å². The van der Waals surface area contributed by atoms with Crippen LogP contribution in [0.15, 0.2) is 28.7 Å². The Morgan fingerprint density at radius 3 is 2.28 bits per heavy atom. The first-order valence-corrected chi connectivity index (χ1v) is 9.54. The molecule has 1 aromatic heterocycles. The standard InChI is InChI=1S/C22H20N2O5/c1-10-14(9-24-7-6-11(23)8-24)15-20(27)16-17(21(28)22(15)29-10)19(26)13-5-3-2-4-12(13)18(16)25/h2-5,11,25-26H,6-9,23H2,1H3/t11-/m1/s1. The van der Waals surface area contributed by atoms with E-state index in [1.807, 2.05) is 0 Å². The second-order valence-corrected chi connectivity index (χ2v) is 7.78. The lowest BCUT2D eigenvalue weighted by atomic mass is 9.83. The second-order valence-electron chi connectivity index (χ2n) is 7.78. The van der Waals surface area contributed by atoms with E-state index in [0.29, 0.717) is 35.2 Å². The van der Waals surface area contributed by atoms with Crippen LogP contribution in [0.2, 0.25) is 0 Å². The molecule has 2 aliphatic rings. The molecule has 2 heterocycles. The van der Waals surface area contributed by atoms with Crippen molar-refractivity contribution in [1.82, 2.24) is 4.90 Å². The Balaban J connectivity index is 1.71. The number of nitrogens with zero attached hydrogens (tertiary/aromatic N) is 1. The van der Waals surface area contributed by atoms with Gasteiger partial charge in [-0.15, -0.1) is 0 Å². The molecule has 1 fully saturated rings. The number of ketones is 2. The number of likely N-dealkylation sites (tertiary alicyclic amines) is 1. The zero-order chi connectivity index (χ0) is 20.4. The molecule has 0 amide bonds. The molecule has 0 radical (unpaired) electrons. The van der Waals surface area contributed by atoms with Gasteiger partial charge in [-0.1, -0.05) is 24.3 Å². The number of hydrogen-bond donors (Lipinski definition) is 3. The van der Waals surface area contributed by atoms with Crippen molar-refractivity contribution >= 4 is 22.3 Å². The Kier molecular flexibility index (Phi) is 3.81. The summed E-state index contributed by atoms with van der Waals surface area (Å²) in [4.78, 5) is 28.7. The van der Waals surface area contributed by atoms with Crippen LogP contribution in [-0.4, -0.2) is 45.8 Å². The van der Waals surface area contributed by atoms with Crippen LogP contribution in [0.5, 0.6) is 11.5 Å². The fraction of sp³-hybridized carbons (Fsp3) is 0.273. The molecule has 0 unspecified atom stereocenters. The van der Waals surface area contributed by atoms with Crippen LogP contribution in [0.3, 0.4) is 0 Å². The number of aromatic hydroxyl groups is 2. The van der Waals surface area contributed by atoms with Crippen LogP contribution in [0.25, 0.3) is 10.8 Å². The maximum atomic E-state index is 13.4. The van der Waals surface area contributed by atoms with Crippen molar-refractivity contribution < 1.29 is 24.2 Å².